The maximum Gasteiger partial charge on any atom is 0.316 e. The number of hydrogen-bond donors (Lipinski definition) is 1. The Hall–Kier alpha value is -1.95. The van der Waals surface area contributed by atoms with E-state index in [-0.39, 0.29) is 6.04 Å². The van der Waals surface area contributed by atoms with Crippen LogP contribution in [0.5, 0.6) is 6.01 Å². The minimum absolute atomic E-state index is 0.269. The number of methoxy groups -OCH3 is 1. The fourth-order valence-electron chi connectivity index (χ4n) is 1.70. The number of rotatable bonds is 3. The van der Waals surface area contributed by atoms with Crippen LogP contribution in [0.1, 0.15) is 22.9 Å². The van der Waals surface area contributed by atoms with Crippen molar-refractivity contribution in [3.63, 3.8) is 0 Å². The highest BCUT2D eigenvalue weighted by Gasteiger charge is 2.15. The third-order valence-electron chi connectivity index (χ3n) is 2.58. The first-order valence-corrected chi connectivity index (χ1v) is 5.23. The van der Waals surface area contributed by atoms with Crippen LogP contribution in [-0.4, -0.2) is 26.9 Å². The molecule has 0 aliphatic heterocycles. The highest BCUT2D eigenvalue weighted by molar-refractivity contribution is 5.29. The van der Waals surface area contributed by atoms with Crippen LogP contribution in [0.3, 0.4) is 0 Å². The van der Waals surface area contributed by atoms with Crippen molar-refractivity contribution in [2.45, 2.75) is 13.0 Å². The second-order valence-electron chi connectivity index (χ2n) is 3.82. The molecule has 6 nitrogen and oxygen atoms in total. The fourth-order valence-corrected chi connectivity index (χ4v) is 1.70. The Morgan fingerprint density at radius 1 is 1.35 bits per heavy atom. The lowest BCUT2D eigenvalue weighted by atomic mass is 10.0. The minimum atomic E-state index is -0.269. The van der Waals surface area contributed by atoms with Crippen LogP contribution in [0.2, 0.25) is 0 Å². The van der Waals surface area contributed by atoms with Gasteiger partial charge in [0, 0.05) is 36.8 Å². The molecule has 2 heterocycles. The van der Waals surface area contributed by atoms with Crippen LogP contribution in [0.15, 0.2) is 18.6 Å². The molecule has 0 spiro atoms. The Bertz CT molecular complexity index is 505. The van der Waals surface area contributed by atoms with Gasteiger partial charge in [0.05, 0.1) is 18.8 Å². The molecule has 0 radical (unpaired) electrons. The maximum absolute atomic E-state index is 6.15. The Morgan fingerprint density at radius 3 is 2.47 bits per heavy atom. The lowest BCUT2D eigenvalue weighted by Crippen LogP contribution is -2.13. The number of ether oxygens (including phenoxy) is 1. The van der Waals surface area contributed by atoms with Crippen molar-refractivity contribution in [1.82, 2.24) is 19.7 Å². The van der Waals surface area contributed by atoms with Crippen LogP contribution in [0.25, 0.3) is 0 Å². The molecular weight excluding hydrogens is 218 g/mol. The largest absolute Gasteiger partial charge is 0.467 e. The Morgan fingerprint density at radius 2 is 2.00 bits per heavy atom. The molecule has 2 rings (SSSR count). The van der Waals surface area contributed by atoms with Gasteiger partial charge in [0.25, 0.3) is 0 Å². The topological polar surface area (TPSA) is 78.9 Å². The number of nitrogens with two attached hydrogens (primary N) is 1. The summed E-state index contributed by atoms with van der Waals surface area (Å²) in [5.41, 5.74) is 8.87. The van der Waals surface area contributed by atoms with E-state index in [9.17, 15) is 0 Å². The van der Waals surface area contributed by atoms with Crippen LogP contribution in [0.4, 0.5) is 0 Å². The lowest BCUT2D eigenvalue weighted by molar-refractivity contribution is 0.379. The molecule has 0 fully saturated rings. The van der Waals surface area contributed by atoms with Gasteiger partial charge in [-0.2, -0.15) is 5.10 Å². The second kappa shape index (κ2) is 4.50. The summed E-state index contributed by atoms with van der Waals surface area (Å²) in [5.74, 6) is 0. The first kappa shape index (κ1) is 11.5. The van der Waals surface area contributed by atoms with Gasteiger partial charge in [0.2, 0.25) is 0 Å². The van der Waals surface area contributed by atoms with Crippen molar-refractivity contribution in [3.05, 3.63) is 35.4 Å². The predicted octanol–water partition coefficient (Wildman–Crippen LogP) is 0.575. The first-order chi connectivity index (χ1) is 8.11. The molecule has 0 aromatic carbocycles. The molecule has 0 saturated heterocycles. The van der Waals surface area contributed by atoms with Crippen LogP contribution in [0, 0.1) is 6.92 Å². The Labute approximate surface area is 99.4 Å². The highest BCUT2D eigenvalue weighted by atomic mass is 16.5. The van der Waals surface area contributed by atoms with E-state index in [2.05, 4.69) is 15.1 Å². The first-order valence-electron chi connectivity index (χ1n) is 5.23. The predicted molar refractivity (Wildman–Crippen MR) is 62.6 cm³/mol. The summed E-state index contributed by atoms with van der Waals surface area (Å²) in [6.07, 6.45) is 5.25. The zero-order valence-electron chi connectivity index (χ0n) is 10.1. The van der Waals surface area contributed by atoms with Gasteiger partial charge in [0.1, 0.15) is 0 Å². The highest BCUT2D eigenvalue weighted by Crippen LogP contribution is 2.21. The molecule has 0 aliphatic carbocycles. The fraction of sp³-hybridized carbons (Fsp3) is 0.364. The van der Waals surface area contributed by atoms with E-state index in [0.717, 1.165) is 16.8 Å². The molecule has 1 unspecified atom stereocenters. The van der Waals surface area contributed by atoms with Crippen molar-refractivity contribution in [3.8, 4) is 6.01 Å². The number of aromatic nitrogens is 4. The Kier molecular flexibility index (Phi) is 3.06. The third kappa shape index (κ3) is 2.26. The molecule has 90 valence electrons. The van der Waals surface area contributed by atoms with Crippen molar-refractivity contribution in [2.24, 2.45) is 12.8 Å². The van der Waals surface area contributed by atoms with Gasteiger partial charge in [-0.3, -0.25) is 4.68 Å². The maximum atomic E-state index is 6.15. The van der Waals surface area contributed by atoms with Gasteiger partial charge >= 0.3 is 6.01 Å². The summed E-state index contributed by atoms with van der Waals surface area (Å²) in [4.78, 5) is 8.08. The summed E-state index contributed by atoms with van der Waals surface area (Å²) in [6.45, 7) is 1.93. The normalized spacial score (nSPS) is 12.5. The van der Waals surface area contributed by atoms with E-state index >= 15 is 0 Å². The van der Waals surface area contributed by atoms with Gasteiger partial charge < -0.3 is 10.5 Å². The molecule has 0 bridgehead atoms. The molecule has 0 amide bonds. The van der Waals surface area contributed by atoms with E-state index in [0.29, 0.717) is 6.01 Å². The monoisotopic (exact) mass is 233 g/mol. The molecule has 2 N–H and O–H groups in total. The molecule has 2 aromatic rings. The summed E-state index contributed by atoms with van der Waals surface area (Å²) >= 11 is 0. The molecule has 2 aromatic heterocycles. The van der Waals surface area contributed by atoms with E-state index in [1.165, 1.54) is 7.11 Å². The molecule has 0 saturated carbocycles. The molecular formula is C11H15N5O. The average molecular weight is 233 g/mol. The van der Waals surface area contributed by atoms with Gasteiger partial charge in [0.15, 0.2) is 0 Å². The smallest absolute Gasteiger partial charge is 0.316 e. The summed E-state index contributed by atoms with van der Waals surface area (Å²) in [7, 11) is 3.40. The summed E-state index contributed by atoms with van der Waals surface area (Å²) in [5, 5.41) is 4.26. The standard InChI is InChI=1S/C11H15N5O/c1-7-9(6-16(2)15-7)10(12)8-4-13-11(17-3)14-5-8/h4-6,10H,12H2,1-3H3. The van der Waals surface area contributed by atoms with Crippen molar-refractivity contribution >= 4 is 0 Å². The van der Waals surface area contributed by atoms with Crippen LogP contribution in [-0.2, 0) is 7.05 Å². The molecule has 1 atom stereocenters. The van der Waals surface area contributed by atoms with E-state index in [1.807, 2.05) is 20.2 Å². The van der Waals surface area contributed by atoms with Crippen LogP contribution >= 0.6 is 0 Å². The van der Waals surface area contributed by atoms with Crippen molar-refractivity contribution in [1.29, 1.82) is 0 Å². The van der Waals surface area contributed by atoms with Gasteiger partial charge in [-0.25, -0.2) is 9.97 Å². The van der Waals surface area contributed by atoms with E-state index in [4.69, 9.17) is 10.5 Å². The summed E-state index contributed by atoms with van der Waals surface area (Å²) in [6, 6.07) is 0.0680. The third-order valence-corrected chi connectivity index (χ3v) is 2.58. The zero-order chi connectivity index (χ0) is 12.4. The number of nitrogens with zero attached hydrogens (tertiary/aromatic N) is 4. The second-order valence-corrected chi connectivity index (χ2v) is 3.82. The van der Waals surface area contributed by atoms with Crippen molar-refractivity contribution in [2.75, 3.05) is 7.11 Å². The van der Waals surface area contributed by atoms with Gasteiger partial charge in [-0.1, -0.05) is 0 Å². The minimum Gasteiger partial charge on any atom is -0.467 e. The molecule has 0 aliphatic rings. The van der Waals surface area contributed by atoms with Crippen LogP contribution < -0.4 is 10.5 Å². The van der Waals surface area contributed by atoms with Gasteiger partial charge in [-0.15, -0.1) is 0 Å². The molecule has 6 heteroatoms. The average Bonchev–Trinajstić information content (AvgIpc) is 2.68. The van der Waals surface area contributed by atoms with E-state index < -0.39 is 0 Å². The summed E-state index contributed by atoms with van der Waals surface area (Å²) < 4.78 is 6.65. The lowest BCUT2D eigenvalue weighted by Gasteiger charge is -2.10. The SMILES string of the molecule is COc1ncc(C(N)c2cn(C)nc2C)cn1. The number of aryl methyl sites for hydroxylation is 2. The number of hydrogen-bond acceptors (Lipinski definition) is 5. The quantitative estimate of drug-likeness (QED) is 0.838. The van der Waals surface area contributed by atoms with Crippen molar-refractivity contribution < 1.29 is 4.74 Å². The Balaban J connectivity index is 2.30. The molecule has 17 heavy (non-hydrogen) atoms. The zero-order valence-corrected chi connectivity index (χ0v) is 10.1. The van der Waals surface area contributed by atoms with E-state index in [1.54, 1.807) is 17.1 Å². The van der Waals surface area contributed by atoms with Gasteiger partial charge in [-0.05, 0) is 6.92 Å².